The highest BCUT2D eigenvalue weighted by atomic mass is 79.9. The number of nitro groups is 1. The van der Waals surface area contributed by atoms with Gasteiger partial charge in [-0.25, -0.2) is 4.68 Å². The van der Waals surface area contributed by atoms with E-state index in [1.54, 1.807) is 36.4 Å². The van der Waals surface area contributed by atoms with Crippen LogP contribution in [-0.2, 0) is 6.18 Å². The summed E-state index contributed by atoms with van der Waals surface area (Å²) in [5.74, 6) is -1.39. The highest BCUT2D eigenvalue weighted by Crippen LogP contribution is 2.36. The molecule has 1 aliphatic rings. The van der Waals surface area contributed by atoms with E-state index >= 15 is 0 Å². The number of rotatable bonds is 3. The molecule has 4 rings (SSSR count). The Hall–Kier alpha value is -3.21. The number of aromatic nitrogens is 3. The van der Waals surface area contributed by atoms with Crippen molar-refractivity contribution in [3.63, 3.8) is 0 Å². The lowest BCUT2D eigenvalue weighted by Gasteiger charge is -2.24. The van der Waals surface area contributed by atoms with Crippen LogP contribution < -0.4 is 5.32 Å². The standard InChI is InChI=1S/C18H11BrF3N5O2/c19-12-6-4-10(5-7-12)14-9-15(11-2-1-3-13(8-11)27(28)29)26-17(23-14)24-16(25-26)18(20,21)22/h1-9,15H,(H,23,24,25)/t15-/m0/s1. The second kappa shape index (κ2) is 6.99. The van der Waals surface area contributed by atoms with Gasteiger partial charge in [-0.05, 0) is 29.3 Å². The average molecular weight is 466 g/mol. The Morgan fingerprint density at radius 1 is 1.17 bits per heavy atom. The highest BCUT2D eigenvalue weighted by Gasteiger charge is 2.39. The zero-order valence-corrected chi connectivity index (χ0v) is 16.0. The van der Waals surface area contributed by atoms with Crippen molar-refractivity contribution in [1.29, 1.82) is 0 Å². The lowest BCUT2D eigenvalue weighted by Crippen LogP contribution is -2.20. The zero-order valence-electron chi connectivity index (χ0n) is 14.4. The first-order valence-electron chi connectivity index (χ1n) is 8.25. The van der Waals surface area contributed by atoms with Crippen LogP contribution in [0.4, 0.5) is 24.8 Å². The number of nitrogens with zero attached hydrogens (tertiary/aromatic N) is 4. The third kappa shape index (κ3) is 3.73. The minimum absolute atomic E-state index is 0.103. The van der Waals surface area contributed by atoms with E-state index in [4.69, 9.17) is 0 Å². The molecule has 0 bridgehead atoms. The molecule has 0 saturated heterocycles. The molecule has 1 aromatic heterocycles. The molecule has 0 unspecified atom stereocenters. The Morgan fingerprint density at radius 3 is 2.55 bits per heavy atom. The molecule has 0 radical (unpaired) electrons. The number of benzene rings is 2. The second-order valence-corrected chi connectivity index (χ2v) is 7.13. The predicted molar refractivity (Wildman–Crippen MR) is 102 cm³/mol. The van der Waals surface area contributed by atoms with E-state index in [1.165, 1.54) is 18.2 Å². The van der Waals surface area contributed by atoms with Crippen molar-refractivity contribution in [1.82, 2.24) is 14.8 Å². The zero-order chi connectivity index (χ0) is 20.8. The maximum absolute atomic E-state index is 13.2. The molecule has 2 aromatic carbocycles. The second-order valence-electron chi connectivity index (χ2n) is 6.21. The molecule has 7 nitrogen and oxygen atoms in total. The fourth-order valence-electron chi connectivity index (χ4n) is 2.97. The van der Waals surface area contributed by atoms with Gasteiger partial charge in [0.25, 0.3) is 11.5 Å². The van der Waals surface area contributed by atoms with Gasteiger partial charge in [-0.2, -0.15) is 18.2 Å². The van der Waals surface area contributed by atoms with Crippen molar-refractivity contribution >= 4 is 33.3 Å². The number of anilines is 1. The van der Waals surface area contributed by atoms with Crippen LogP contribution in [0.15, 0.2) is 59.1 Å². The molecular formula is C18H11BrF3N5O2. The molecule has 0 aliphatic carbocycles. The molecule has 1 N–H and O–H groups in total. The molecule has 0 fully saturated rings. The van der Waals surface area contributed by atoms with Crippen molar-refractivity contribution in [2.75, 3.05) is 5.32 Å². The van der Waals surface area contributed by atoms with Crippen molar-refractivity contribution in [2.45, 2.75) is 12.2 Å². The van der Waals surface area contributed by atoms with Crippen LogP contribution in [0.25, 0.3) is 5.70 Å². The fraction of sp³-hybridized carbons (Fsp3) is 0.111. The van der Waals surface area contributed by atoms with Crippen LogP contribution in [0.3, 0.4) is 0 Å². The maximum Gasteiger partial charge on any atom is 0.453 e. The van der Waals surface area contributed by atoms with E-state index in [0.29, 0.717) is 16.8 Å². The van der Waals surface area contributed by atoms with Gasteiger partial charge < -0.3 is 5.32 Å². The van der Waals surface area contributed by atoms with Gasteiger partial charge in [-0.1, -0.05) is 40.2 Å². The summed E-state index contributed by atoms with van der Waals surface area (Å²) in [5.41, 5.74) is 1.47. The predicted octanol–water partition coefficient (Wildman–Crippen LogP) is 5.02. The van der Waals surface area contributed by atoms with Crippen LogP contribution in [0.5, 0.6) is 0 Å². The number of alkyl halides is 3. The minimum Gasteiger partial charge on any atom is -0.324 e. The summed E-state index contributed by atoms with van der Waals surface area (Å²) in [5, 5.41) is 17.6. The van der Waals surface area contributed by atoms with E-state index in [0.717, 1.165) is 9.15 Å². The molecule has 2 heterocycles. The Balaban J connectivity index is 1.86. The number of hydrogen-bond acceptors (Lipinski definition) is 5. The Kier molecular flexibility index (Phi) is 4.61. The Morgan fingerprint density at radius 2 is 1.90 bits per heavy atom. The third-order valence-electron chi connectivity index (χ3n) is 4.30. The van der Waals surface area contributed by atoms with E-state index in [9.17, 15) is 23.3 Å². The fourth-order valence-corrected chi connectivity index (χ4v) is 3.24. The lowest BCUT2D eigenvalue weighted by atomic mass is 10.0. The molecule has 1 atom stereocenters. The number of fused-ring (bicyclic) bond motifs is 1. The molecular weight excluding hydrogens is 455 g/mol. The van der Waals surface area contributed by atoms with Gasteiger partial charge in [-0.15, -0.1) is 5.10 Å². The van der Waals surface area contributed by atoms with Gasteiger partial charge >= 0.3 is 6.18 Å². The summed E-state index contributed by atoms with van der Waals surface area (Å²) in [7, 11) is 0. The van der Waals surface area contributed by atoms with Crippen LogP contribution >= 0.6 is 15.9 Å². The topological polar surface area (TPSA) is 85.9 Å². The average Bonchev–Trinajstić information content (AvgIpc) is 3.12. The molecule has 0 spiro atoms. The Bertz CT molecular complexity index is 1130. The van der Waals surface area contributed by atoms with Crippen molar-refractivity contribution in [3.05, 3.63) is 86.1 Å². The first-order chi connectivity index (χ1) is 13.7. The van der Waals surface area contributed by atoms with Gasteiger partial charge in [0.2, 0.25) is 5.95 Å². The van der Waals surface area contributed by atoms with E-state index < -0.39 is 23.0 Å². The van der Waals surface area contributed by atoms with Crippen molar-refractivity contribution in [3.8, 4) is 0 Å². The number of halogens is 4. The maximum atomic E-state index is 13.2. The number of nitro benzene ring substituents is 1. The number of hydrogen-bond donors (Lipinski definition) is 1. The van der Waals surface area contributed by atoms with E-state index in [-0.39, 0.29) is 11.6 Å². The van der Waals surface area contributed by atoms with E-state index in [2.05, 4.69) is 31.3 Å². The summed E-state index contributed by atoms with van der Waals surface area (Å²) >= 11 is 3.34. The van der Waals surface area contributed by atoms with Gasteiger partial charge in [0, 0.05) is 22.3 Å². The first-order valence-corrected chi connectivity index (χ1v) is 9.04. The molecule has 0 saturated carbocycles. The largest absolute Gasteiger partial charge is 0.453 e. The number of non-ortho nitro benzene ring substituents is 1. The Labute approximate surface area is 170 Å². The summed E-state index contributed by atoms with van der Waals surface area (Å²) in [6, 6.07) is 12.0. The third-order valence-corrected chi connectivity index (χ3v) is 4.83. The molecule has 11 heteroatoms. The monoisotopic (exact) mass is 465 g/mol. The van der Waals surface area contributed by atoms with Gasteiger partial charge in [-0.3, -0.25) is 10.1 Å². The van der Waals surface area contributed by atoms with Crippen LogP contribution in [-0.4, -0.2) is 19.7 Å². The quantitative estimate of drug-likeness (QED) is 0.433. The molecule has 29 heavy (non-hydrogen) atoms. The van der Waals surface area contributed by atoms with Gasteiger partial charge in [0.15, 0.2) is 0 Å². The lowest BCUT2D eigenvalue weighted by molar-refractivity contribution is -0.384. The highest BCUT2D eigenvalue weighted by molar-refractivity contribution is 9.10. The normalized spacial score (nSPS) is 16.0. The summed E-state index contributed by atoms with van der Waals surface area (Å²) in [6.07, 6.45) is -3.07. The SMILES string of the molecule is O=[N+]([O-])c1cccc([C@@H]2C=C(c3ccc(Br)cc3)Nc3nc(C(F)(F)F)nn32)c1. The van der Waals surface area contributed by atoms with Crippen LogP contribution in [0, 0.1) is 10.1 Å². The van der Waals surface area contributed by atoms with Crippen molar-refractivity contribution in [2.24, 2.45) is 0 Å². The van der Waals surface area contributed by atoms with E-state index in [1.807, 2.05) is 0 Å². The molecule has 148 valence electrons. The molecule has 1 aliphatic heterocycles. The van der Waals surface area contributed by atoms with Crippen LogP contribution in [0.2, 0.25) is 0 Å². The first kappa shape index (κ1) is 19.1. The van der Waals surface area contributed by atoms with Gasteiger partial charge in [0.05, 0.1) is 4.92 Å². The number of allylic oxidation sites excluding steroid dienone is 1. The summed E-state index contributed by atoms with van der Waals surface area (Å²) < 4.78 is 41.4. The van der Waals surface area contributed by atoms with Crippen LogP contribution in [0.1, 0.15) is 23.0 Å². The smallest absolute Gasteiger partial charge is 0.324 e. The van der Waals surface area contributed by atoms with Crippen molar-refractivity contribution < 1.29 is 18.1 Å². The minimum atomic E-state index is -4.73. The molecule has 3 aromatic rings. The van der Waals surface area contributed by atoms with Gasteiger partial charge in [0.1, 0.15) is 6.04 Å². The summed E-state index contributed by atoms with van der Waals surface area (Å²) in [6.45, 7) is 0. The summed E-state index contributed by atoms with van der Waals surface area (Å²) in [4.78, 5) is 14.1. The number of nitrogens with one attached hydrogen (secondary N) is 1. The molecule has 0 amide bonds.